The summed E-state index contributed by atoms with van der Waals surface area (Å²) in [5, 5.41) is 6.48. The van der Waals surface area contributed by atoms with Gasteiger partial charge in [0.1, 0.15) is 5.75 Å². The molecule has 1 aromatic rings. The molecule has 0 spiro atoms. The maximum Gasteiger partial charge on any atom is 0.220 e. The average Bonchev–Trinajstić information content (AvgIpc) is 2.94. The van der Waals surface area contributed by atoms with Crippen LogP contribution in [0.4, 0.5) is 0 Å². The van der Waals surface area contributed by atoms with Gasteiger partial charge in [0.25, 0.3) is 0 Å². The van der Waals surface area contributed by atoms with Crippen LogP contribution in [-0.4, -0.2) is 37.9 Å². The Balaban J connectivity index is 0.00000364. The highest BCUT2D eigenvalue weighted by Gasteiger charge is 2.11. The SMILES string of the molecule is COc1ccc(C(=O)CCCC(=O)NCCNC2CCCCCC2)cc1.Cl. The van der Waals surface area contributed by atoms with Crippen molar-refractivity contribution in [3.05, 3.63) is 29.8 Å². The molecule has 0 aromatic heterocycles. The van der Waals surface area contributed by atoms with Gasteiger partial charge in [-0.2, -0.15) is 0 Å². The Morgan fingerprint density at radius 3 is 2.30 bits per heavy atom. The van der Waals surface area contributed by atoms with Gasteiger partial charge >= 0.3 is 0 Å². The van der Waals surface area contributed by atoms with Crippen molar-refractivity contribution in [1.82, 2.24) is 10.6 Å². The molecule has 0 unspecified atom stereocenters. The number of nitrogens with one attached hydrogen (secondary N) is 2. The Bertz CT molecular complexity index is 555. The molecule has 0 heterocycles. The predicted molar refractivity (Wildman–Crippen MR) is 111 cm³/mol. The number of halogens is 1. The normalized spacial score (nSPS) is 14.7. The molecule has 1 saturated carbocycles. The van der Waals surface area contributed by atoms with Crippen LogP contribution in [0.25, 0.3) is 0 Å². The predicted octanol–water partition coefficient (Wildman–Crippen LogP) is 3.90. The number of hydrogen-bond donors (Lipinski definition) is 2. The van der Waals surface area contributed by atoms with Crippen LogP contribution < -0.4 is 15.4 Å². The lowest BCUT2D eigenvalue weighted by molar-refractivity contribution is -0.121. The minimum atomic E-state index is 0. The lowest BCUT2D eigenvalue weighted by Gasteiger charge is -2.16. The van der Waals surface area contributed by atoms with Crippen LogP contribution >= 0.6 is 12.4 Å². The van der Waals surface area contributed by atoms with E-state index in [1.165, 1.54) is 38.5 Å². The summed E-state index contributed by atoms with van der Waals surface area (Å²) in [5.41, 5.74) is 0.666. The number of methoxy groups -OCH3 is 1. The zero-order valence-corrected chi connectivity index (χ0v) is 17.1. The molecule has 1 amide bonds. The zero-order chi connectivity index (χ0) is 18.6. The van der Waals surface area contributed by atoms with Gasteiger partial charge in [-0.05, 0) is 43.5 Å². The molecule has 1 aliphatic carbocycles. The van der Waals surface area contributed by atoms with E-state index in [-0.39, 0.29) is 24.1 Å². The van der Waals surface area contributed by atoms with Crippen LogP contribution in [0.5, 0.6) is 5.75 Å². The van der Waals surface area contributed by atoms with E-state index in [4.69, 9.17) is 4.74 Å². The molecule has 2 rings (SSSR count). The number of carbonyl (C=O) groups excluding carboxylic acids is 2. The lowest BCUT2D eigenvalue weighted by Crippen LogP contribution is -2.36. The third kappa shape index (κ3) is 9.25. The number of rotatable bonds is 10. The third-order valence-electron chi connectivity index (χ3n) is 4.96. The molecular weight excluding hydrogens is 364 g/mol. The van der Waals surface area contributed by atoms with E-state index in [1.54, 1.807) is 31.4 Å². The van der Waals surface area contributed by atoms with Crippen molar-refractivity contribution < 1.29 is 14.3 Å². The highest BCUT2D eigenvalue weighted by atomic mass is 35.5. The molecule has 152 valence electrons. The number of ketones is 1. The van der Waals surface area contributed by atoms with Gasteiger partial charge in [0, 0.05) is 37.5 Å². The molecule has 0 bridgehead atoms. The molecule has 1 fully saturated rings. The van der Waals surface area contributed by atoms with Crippen LogP contribution in [-0.2, 0) is 4.79 Å². The summed E-state index contributed by atoms with van der Waals surface area (Å²) in [4.78, 5) is 24.0. The van der Waals surface area contributed by atoms with Crippen molar-refractivity contribution in [2.24, 2.45) is 0 Å². The standard InChI is InChI=1S/C21H32N2O3.ClH/c1-26-19-13-11-17(12-14-19)20(24)9-6-10-21(25)23-16-15-22-18-7-4-2-3-5-8-18;/h11-14,18,22H,2-10,15-16H2,1H3,(H,23,25);1H. The summed E-state index contributed by atoms with van der Waals surface area (Å²) in [6.45, 7) is 1.48. The number of carbonyl (C=O) groups is 2. The lowest BCUT2D eigenvalue weighted by atomic mass is 10.1. The summed E-state index contributed by atoms with van der Waals surface area (Å²) >= 11 is 0. The molecule has 0 atom stereocenters. The van der Waals surface area contributed by atoms with Crippen LogP contribution in [0.2, 0.25) is 0 Å². The first-order valence-electron chi connectivity index (χ1n) is 9.86. The Morgan fingerprint density at radius 1 is 1.00 bits per heavy atom. The van der Waals surface area contributed by atoms with Crippen molar-refractivity contribution >= 4 is 24.1 Å². The first-order valence-corrected chi connectivity index (χ1v) is 9.86. The summed E-state index contributed by atoms with van der Waals surface area (Å²) < 4.78 is 5.08. The Kier molecular flexibility index (Phi) is 11.8. The molecule has 0 radical (unpaired) electrons. The number of ether oxygens (including phenoxy) is 1. The first kappa shape index (κ1) is 23.4. The number of amides is 1. The van der Waals surface area contributed by atoms with Crippen molar-refractivity contribution in [1.29, 1.82) is 0 Å². The van der Waals surface area contributed by atoms with E-state index < -0.39 is 0 Å². The van der Waals surface area contributed by atoms with Crippen molar-refractivity contribution in [2.75, 3.05) is 20.2 Å². The van der Waals surface area contributed by atoms with Gasteiger partial charge in [0.2, 0.25) is 5.91 Å². The van der Waals surface area contributed by atoms with E-state index in [1.807, 2.05) is 0 Å². The van der Waals surface area contributed by atoms with Gasteiger partial charge in [0.05, 0.1) is 7.11 Å². The van der Waals surface area contributed by atoms with Crippen LogP contribution in [0.15, 0.2) is 24.3 Å². The van der Waals surface area contributed by atoms with Crippen molar-refractivity contribution in [3.63, 3.8) is 0 Å². The first-order chi connectivity index (χ1) is 12.7. The van der Waals surface area contributed by atoms with Crippen LogP contribution in [0, 0.1) is 0 Å². The van der Waals surface area contributed by atoms with Gasteiger partial charge in [-0.3, -0.25) is 9.59 Å². The minimum absolute atomic E-state index is 0. The van der Waals surface area contributed by atoms with Gasteiger partial charge in [-0.1, -0.05) is 25.7 Å². The number of Topliss-reactive ketones (excluding diaryl/α,β-unsaturated/α-hetero) is 1. The molecule has 27 heavy (non-hydrogen) atoms. The van der Waals surface area contributed by atoms with Crippen LogP contribution in [0.3, 0.4) is 0 Å². The maximum absolute atomic E-state index is 12.1. The maximum atomic E-state index is 12.1. The molecule has 1 aromatic carbocycles. The Morgan fingerprint density at radius 2 is 1.67 bits per heavy atom. The molecule has 5 nitrogen and oxygen atoms in total. The molecule has 1 aliphatic rings. The second kappa shape index (κ2) is 13.6. The van der Waals surface area contributed by atoms with E-state index in [0.29, 0.717) is 37.4 Å². The monoisotopic (exact) mass is 396 g/mol. The number of hydrogen-bond acceptors (Lipinski definition) is 4. The van der Waals surface area contributed by atoms with Crippen molar-refractivity contribution in [2.45, 2.75) is 63.8 Å². The van der Waals surface area contributed by atoms with Crippen molar-refractivity contribution in [3.8, 4) is 5.75 Å². The van der Waals surface area contributed by atoms with Gasteiger partial charge in [-0.15, -0.1) is 12.4 Å². The Labute approximate surface area is 169 Å². The number of benzene rings is 1. The fourth-order valence-corrected chi connectivity index (χ4v) is 3.38. The topological polar surface area (TPSA) is 67.4 Å². The molecular formula is C21H33ClN2O3. The smallest absolute Gasteiger partial charge is 0.220 e. The highest BCUT2D eigenvalue weighted by molar-refractivity contribution is 5.96. The second-order valence-corrected chi connectivity index (χ2v) is 7.00. The summed E-state index contributed by atoms with van der Waals surface area (Å²) in [6.07, 6.45) is 9.19. The van der Waals surface area contributed by atoms with E-state index in [0.717, 1.165) is 12.3 Å². The zero-order valence-electron chi connectivity index (χ0n) is 16.3. The largest absolute Gasteiger partial charge is 0.497 e. The molecule has 0 aliphatic heterocycles. The molecule has 0 saturated heterocycles. The highest BCUT2D eigenvalue weighted by Crippen LogP contribution is 2.17. The molecule has 2 N–H and O–H groups in total. The fraction of sp³-hybridized carbons (Fsp3) is 0.619. The van der Waals surface area contributed by atoms with Gasteiger partial charge in [-0.25, -0.2) is 0 Å². The Hall–Kier alpha value is -1.59. The molecule has 6 heteroatoms. The third-order valence-corrected chi connectivity index (χ3v) is 4.96. The van der Waals surface area contributed by atoms with E-state index >= 15 is 0 Å². The average molecular weight is 397 g/mol. The summed E-state index contributed by atoms with van der Waals surface area (Å²) in [5.74, 6) is 0.823. The van der Waals surface area contributed by atoms with Gasteiger partial charge < -0.3 is 15.4 Å². The fourth-order valence-electron chi connectivity index (χ4n) is 3.38. The van der Waals surface area contributed by atoms with E-state index in [2.05, 4.69) is 10.6 Å². The van der Waals surface area contributed by atoms with Crippen LogP contribution in [0.1, 0.15) is 68.1 Å². The summed E-state index contributed by atoms with van der Waals surface area (Å²) in [6, 6.07) is 7.69. The second-order valence-electron chi connectivity index (χ2n) is 7.00. The quantitative estimate of drug-likeness (QED) is 0.357. The van der Waals surface area contributed by atoms with Gasteiger partial charge in [0.15, 0.2) is 5.78 Å². The van der Waals surface area contributed by atoms with E-state index in [9.17, 15) is 9.59 Å². The minimum Gasteiger partial charge on any atom is -0.497 e. The summed E-state index contributed by atoms with van der Waals surface area (Å²) in [7, 11) is 1.60.